The van der Waals surface area contributed by atoms with Crippen LogP contribution in [0.5, 0.6) is 0 Å². The van der Waals surface area contributed by atoms with Crippen LogP contribution < -0.4 is 9.62 Å². The van der Waals surface area contributed by atoms with E-state index in [1.165, 1.54) is 23.8 Å². The predicted octanol–water partition coefficient (Wildman–Crippen LogP) is 4.25. The number of amides is 1. The normalized spacial score (nSPS) is 12.3. The summed E-state index contributed by atoms with van der Waals surface area (Å²) in [5, 5.41) is 14.1. The maximum Gasteiger partial charge on any atom is 0.271 e. The number of carbonyl (C=O) groups excluding carboxylic acids is 1. The fraction of sp³-hybridized carbons (Fsp3) is 0.435. The van der Waals surface area contributed by atoms with Gasteiger partial charge in [0.2, 0.25) is 15.9 Å². The smallest absolute Gasteiger partial charge is 0.271 e. The molecule has 8 nitrogen and oxygen atoms in total. The Bertz CT molecular complexity index is 1130. The number of nitrogens with one attached hydrogen (secondary N) is 1. The average molecular weight is 462 g/mol. The molecule has 0 unspecified atom stereocenters. The topological polar surface area (TPSA) is 110 Å². The molecule has 0 fully saturated rings. The standard InChI is InChI=1S/C23H31N3O5S/c1-15-9-10-20(26(28)29)14-22(15)25(32(6,30)31)11-7-8-23(27)24-19(5)21-13-17(3)16(2)12-18(21)4/h9-10,12-14,19H,7-8,11H2,1-6H3,(H,24,27)/t19-/m0/s1. The number of anilines is 1. The molecule has 0 radical (unpaired) electrons. The highest BCUT2D eigenvalue weighted by Gasteiger charge is 2.22. The van der Waals surface area contributed by atoms with Gasteiger partial charge in [0.1, 0.15) is 0 Å². The van der Waals surface area contributed by atoms with Crippen molar-refractivity contribution in [2.45, 2.75) is 53.5 Å². The van der Waals surface area contributed by atoms with Crippen LogP contribution in [0.2, 0.25) is 0 Å². The van der Waals surface area contributed by atoms with Crippen LogP contribution in [0, 0.1) is 37.8 Å². The molecule has 174 valence electrons. The van der Waals surface area contributed by atoms with Crippen LogP contribution in [0.25, 0.3) is 0 Å². The number of sulfonamides is 1. The molecule has 0 aliphatic rings. The van der Waals surface area contributed by atoms with E-state index >= 15 is 0 Å². The summed E-state index contributed by atoms with van der Waals surface area (Å²) in [6.07, 6.45) is 1.46. The van der Waals surface area contributed by atoms with E-state index in [-0.39, 0.29) is 42.7 Å². The van der Waals surface area contributed by atoms with Gasteiger partial charge in [0.05, 0.1) is 22.9 Å². The molecule has 0 aliphatic heterocycles. The minimum absolute atomic E-state index is 0.0469. The number of rotatable bonds is 9. The molecular weight excluding hydrogens is 430 g/mol. The summed E-state index contributed by atoms with van der Waals surface area (Å²) in [7, 11) is -3.68. The highest BCUT2D eigenvalue weighted by molar-refractivity contribution is 7.92. The molecule has 0 saturated heterocycles. The lowest BCUT2D eigenvalue weighted by atomic mass is 9.96. The van der Waals surface area contributed by atoms with Gasteiger partial charge in [-0.2, -0.15) is 0 Å². The van der Waals surface area contributed by atoms with Crippen molar-refractivity contribution < 1.29 is 18.1 Å². The van der Waals surface area contributed by atoms with Gasteiger partial charge in [0.15, 0.2) is 0 Å². The number of hydrogen-bond donors (Lipinski definition) is 1. The van der Waals surface area contributed by atoms with Crippen LogP contribution in [0.4, 0.5) is 11.4 Å². The number of non-ortho nitro benzene ring substituents is 1. The van der Waals surface area contributed by atoms with Crippen LogP contribution in [0.15, 0.2) is 30.3 Å². The zero-order chi connectivity index (χ0) is 24.2. The maximum atomic E-state index is 12.5. The number of nitro benzene ring substituents is 1. The third-order valence-corrected chi connectivity index (χ3v) is 6.74. The van der Waals surface area contributed by atoms with Gasteiger partial charge < -0.3 is 5.32 Å². The first kappa shape index (κ1) is 25.3. The van der Waals surface area contributed by atoms with Crippen LogP contribution in [0.1, 0.15) is 53.6 Å². The SMILES string of the molecule is Cc1cc(C)c([C@H](C)NC(=O)CCCN(c2cc([N+](=O)[O-])ccc2C)S(C)(=O)=O)cc1C. The van der Waals surface area contributed by atoms with Crippen molar-refractivity contribution in [2.24, 2.45) is 0 Å². The first-order valence-electron chi connectivity index (χ1n) is 10.4. The van der Waals surface area contributed by atoms with E-state index < -0.39 is 14.9 Å². The highest BCUT2D eigenvalue weighted by atomic mass is 32.2. The third kappa shape index (κ3) is 6.29. The fourth-order valence-electron chi connectivity index (χ4n) is 3.67. The monoisotopic (exact) mass is 461 g/mol. The molecule has 1 atom stereocenters. The van der Waals surface area contributed by atoms with Gasteiger partial charge in [0.25, 0.3) is 5.69 Å². The van der Waals surface area contributed by atoms with E-state index in [9.17, 15) is 23.3 Å². The van der Waals surface area contributed by atoms with Gasteiger partial charge >= 0.3 is 0 Å². The molecule has 0 spiro atoms. The first-order chi connectivity index (χ1) is 14.8. The Balaban J connectivity index is 2.08. The fourth-order valence-corrected chi connectivity index (χ4v) is 4.68. The van der Waals surface area contributed by atoms with Crippen molar-refractivity contribution >= 4 is 27.3 Å². The van der Waals surface area contributed by atoms with Crippen molar-refractivity contribution in [3.63, 3.8) is 0 Å². The molecule has 1 N–H and O–H groups in total. The molecule has 2 aromatic carbocycles. The third-order valence-electron chi connectivity index (χ3n) is 5.56. The van der Waals surface area contributed by atoms with Crippen LogP contribution in [-0.4, -0.2) is 32.0 Å². The van der Waals surface area contributed by atoms with Gasteiger partial charge in [-0.25, -0.2) is 8.42 Å². The Labute approximate surface area is 189 Å². The van der Waals surface area contributed by atoms with E-state index in [2.05, 4.69) is 17.4 Å². The summed E-state index contributed by atoms with van der Waals surface area (Å²) in [6, 6.07) is 8.10. The summed E-state index contributed by atoms with van der Waals surface area (Å²) in [5.41, 5.74) is 5.17. The number of carbonyl (C=O) groups is 1. The lowest BCUT2D eigenvalue weighted by molar-refractivity contribution is -0.384. The summed E-state index contributed by atoms with van der Waals surface area (Å²) >= 11 is 0. The molecule has 9 heteroatoms. The number of aryl methyl sites for hydroxylation is 4. The molecule has 2 rings (SSSR count). The Hall–Kier alpha value is -2.94. The Kier molecular flexibility index (Phi) is 8.01. The Morgan fingerprint density at radius 2 is 1.69 bits per heavy atom. The maximum absolute atomic E-state index is 12.5. The minimum Gasteiger partial charge on any atom is -0.350 e. The van der Waals surface area contributed by atoms with E-state index in [0.29, 0.717) is 5.56 Å². The number of nitro groups is 1. The van der Waals surface area contributed by atoms with E-state index in [1.807, 2.05) is 27.7 Å². The molecule has 0 aromatic heterocycles. The summed E-state index contributed by atoms with van der Waals surface area (Å²) in [5.74, 6) is -0.181. The largest absolute Gasteiger partial charge is 0.350 e. The molecule has 0 bridgehead atoms. The zero-order valence-electron chi connectivity index (χ0n) is 19.4. The molecule has 0 aliphatic carbocycles. The van der Waals surface area contributed by atoms with Crippen LogP contribution in [-0.2, 0) is 14.8 Å². The van der Waals surface area contributed by atoms with Crippen molar-refractivity contribution in [1.29, 1.82) is 0 Å². The number of hydrogen-bond acceptors (Lipinski definition) is 5. The zero-order valence-corrected chi connectivity index (χ0v) is 20.2. The van der Waals surface area contributed by atoms with Crippen molar-refractivity contribution in [1.82, 2.24) is 5.32 Å². The number of benzene rings is 2. The predicted molar refractivity (Wildman–Crippen MR) is 126 cm³/mol. The van der Waals surface area contributed by atoms with Crippen LogP contribution >= 0.6 is 0 Å². The van der Waals surface area contributed by atoms with Gasteiger partial charge in [-0.05, 0) is 68.9 Å². The summed E-state index contributed by atoms with van der Waals surface area (Å²) < 4.78 is 25.8. The second-order valence-electron chi connectivity index (χ2n) is 8.25. The van der Waals surface area contributed by atoms with E-state index in [1.54, 1.807) is 6.92 Å². The minimum atomic E-state index is -3.68. The molecule has 2 aromatic rings. The first-order valence-corrected chi connectivity index (χ1v) is 12.3. The highest BCUT2D eigenvalue weighted by Crippen LogP contribution is 2.28. The summed E-state index contributed by atoms with van der Waals surface area (Å²) in [4.78, 5) is 23.0. The summed E-state index contributed by atoms with van der Waals surface area (Å²) in [6.45, 7) is 9.75. The lowest BCUT2D eigenvalue weighted by Crippen LogP contribution is -2.33. The van der Waals surface area contributed by atoms with E-state index in [0.717, 1.165) is 27.3 Å². The lowest BCUT2D eigenvalue weighted by Gasteiger charge is -2.24. The Morgan fingerprint density at radius 1 is 1.06 bits per heavy atom. The number of nitrogens with zero attached hydrogens (tertiary/aromatic N) is 2. The molecule has 32 heavy (non-hydrogen) atoms. The van der Waals surface area contributed by atoms with Gasteiger partial charge in [0, 0.05) is 25.1 Å². The van der Waals surface area contributed by atoms with Crippen molar-refractivity contribution in [3.8, 4) is 0 Å². The van der Waals surface area contributed by atoms with E-state index in [4.69, 9.17) is 0 Å². The van der Waals surface area contributed by atoms with Gasteiger partial charge in [-0.15, -0.1) is 0 Å². The second-order valence-corrected chi connectivity index (χ2v) is 10.2. The van der Waals surface area contributed by atoms with Gasteiger partial charge in [-0.1, -0.05) is 18.2 Å². The van der Waals surface area contributed by atoms with Crippen molar-refractivity contribution in [3.05, 3.63) is 68.3 Å². The quantitative estimate of drug-likeness (QED) is 0.443. The molecular formula is C23H31N3O5S. The van der Waals surface area contributed by atoms with Gasteiger partial charge in [-0.3, -0.25) is 19.2 Å². The molecule has 1 amide bonds. The van der Waals surface area contributed by atoms with Crippen LogP contribution in [0.3, 0.4) is 0 Å². The van der Waals surface area contributed by atoms with Crippen molar-refractivity contribution in [2.75, 3.05) is 17.1 Å². The Morgan fingerprint density at radius 3 is 2.28 bits per heavy atom. The average Bonchev–Trinajstić information content (AvgIpc) is 2.67. The molecule has 0 saturated carbocycles. The second kappa shape index (κ2) is 10.1. The molecule has 0 heterocycles.